The number of rotatable bonds is 9. The molecule has 1 N–H and O–H groups in total. The summed E-state index contributed by atoms with van der Waals surface area (Å²) in [6, 6.07) is 11.1. The first-order chi connectivity index (χ1) is 9.18. The highest BCUT2D eigenvalue weighted by Crippen LogP contribution is 2.35. The van der Waals surface area contributed by atoms with Crippen molar-refractivity contribution in [3.63, 3.8) is 0 Å². The van der Waals surface area contributed by atoms with E-state index in [9.17, 15) is 0 Å². The molecule has 1 rings (SSSR count). The van der Waals surface area contributed by atoms with Gasteiger partial charge in [-0.25, -0.2) is 0 Å². The average molecular weight is 261 g/mol. The molecule has 0 aliphatic rings. The quantitative estimate of drug-likeness (QED) is 0.675. The summed E-state index contributed by atoms with van der Waals surface area (Å²) in [5, 5.41) is 3.59. The van der Waals surface area contributed by atoms with Gasteiger partial charge in [0, 0.05) is 12.0 Å². The molecule has 1 nitrogen and oxygen atoms in total. The summed E-state index contributed by atoms with van der Waals surface area (Å²) in [6.45, 7) is 11.4. The highest BCUT2D eigenvalue weighted by atomic mass is 14.9. The van der Waals surface area contributed by atoms with Crippen LogP contribution in [0.25, 0.3) is 0 Å². The van der Waals surface area contributed by atoms with Crippen LogP contribution >= 0.6 is 0 Å². The molecule has 2 unspecified atom stereocenters. The number of benzene rings is 1. The molecule has 1 heteroatoms. The van der Waals surface area contributed by atoms with E-state index in [4.69, 9.17) is 0 Å². The standard InChI is InChI=1S/C18H31N/c1-5-11-16(4)14-18(6-2,15-19-7-3)17-12-9-8-10-13-17/h8-10,12-13,16,19H,5-7,11,14-15H2,1-4H3. The van der Waals surface area contributed by atoms with Crippen molar-refractivity contribution in [2.45, 2.75) is 58.8 Å². The predicted octanol–water partition coefficient (Wildman–Crippen LogP) is 4.77. The molecule has 0 heterocycles. The summed E-state index contributed by atoms with van der Waals surface area (Å²) in [5.74, 6) is 0.795. The lowest BCUT2D eigenvalue weighted by atomic mass is 9.71. The Balaban J connectivity index is 2.93. The molecular formula is C18H31N. The maximum absolute atomic E-state index is 3.59. The van der Waals surface area contributed by atoms with Crippen molar-refractivity contribution >= 4 is 0 Å². The Morgan fingerprint density at radius 3 is 2.32 bits per heavy atom. The smallest absolute Gasteiger partial charge is 0.00776 e. The van der Waals surface area contributed by atoms with Crippen LogP contribution in [0.3, 0.4) is 0 Å². The average Bonchev–Trinajstić information content (AvgIpc) is 2.45. The maximum Gasteiger partial charge on any atom is 0.00776 e. The molecule has 108 valence electrons. The second kappa shape index (κ2) is 8.37. The van der Waals surface area contributed by atoms with E-state index >= 15 is 0 Å². The lowest BCUT2D eigenvalue weighted by molar-refractivity contribution is 0.293. The first-order valence-electron chi connectivity index (χ1n) is 7.94. The third-order valence-corrected chi connectivity index (χ3v) is 4.30. The third kappa shape index (κ3) is 4.65. The van der Waals surface area contributed by atoms with Crippen LogP contribution in [0.1, 0.15) is 58.9 Å². The van der Waals surface area contributed by atoms with Gasteiger partial charge in [0.15, 0.2) is 0 Å². The molecular weight excluding hydrogens is 230 g/mol. The summed E-state index contributed by atoms with van der Waals surface area (Å²) in [4.78, 5) is 0. The van der Waals surface area contributed by atoms with Gasteiger partial charge in [-0.1, -0.05) is 70.9 Å². The van der Waals surface area contributed by atoms with E-state index in [1.54, 1.807) is 0 Å². The second-order valence-electron chi connectivity index (χ2n) is 5.88. The largest absolute Gasteiger partial charge is 0.316 e. The van der Waals surface area contributed by atoms with E-state index in [1.807, 2.05) is 0 Å². The zero-order chi connectivity index (χ0) is 14.1. The summed E-state index contributed by atoms with van der Waals surface area (Å²) >= 11 is 0. The normalized spacial score (nSPS) is 16.0. The van der Waals surface area contributed by atoms with Crippen LogP contribution in [0.2, 0.25) is 0 Å². The monoisotopic (exact) mass is 261 g/mol. The molecule has 0 aliphatic heterocycles. The van der Waals surface area contributed by atoms with Crippen molar-refractivity contribution in [3.8, 4) is 0 Å². The van der Waals surface area contributed by atoms with Gasteiger partial charge in [0.1, 0.15) is 0 Å². The molecule has 1 aromatic carbocycles. The van der Waals surface area contributed by atoms with E-state index in [1.165, 1.54) is 31.2 Å². The Morgan fingerprint density at radius 1 is 1.11 bits per heavy atom. The van der Waals surface area contributed by atoms with Crippen LogP contribution in [0, 0.1) is 5.92 Å². The van der Waals surface area contributed by atoms with Gasteiger partial charge in [0.2, 0.25) is 0 Å². The molecule has 0 spiro atoms. The van der Waals surface area contributed by atoms with Crippen molar-refractivity contribution in [1.82, 2.24) is 5.32 Å². The van der Waals surface area contributed by atoms with Gasteiger partial charge in [0.25, 0.3) is 0 Å². The molecule has 0 bridgehead atoms. The van der Waals surface area contributed by atoms with Gasteiger partial charge in [-0.05, 0) is 30.9 Å². The molecule has 0 aromatic heterocycles. The van der Waals surface area contributed by atoms with Gasteiger partial charge in [0.05, 0.1) is 0 Å². The third-order valence-electron chi connectivity index (χ3n) is 4.30. The lowest BCUT2D eigenvalue weighted by Gasteiger charge is -2.36. The van der Waals surface area contributed by atoms with Crippen LogP contribution < -0.4 is 5.32 Å². The van der Waals surface area contributed by atoms with E-state index < -0.39 is 0 Å². The zero-order valence-corrected chi connectivity index (χ0v) is 13.2. The molecule has 2 atom stereocenters. The van der Waals surface area contributed by atoms with Gasteiger partial charge >= 0.3 is 0 Å². The highest BCUT2D eigenvalue weighted by Gasteiger charge is 2.31. The summed E-state index contributed by atoms with van der Waals surface area (Å²) in [7, 11) is 0. The molecule has 0 amide bonds. The Bertz CT molecular complexity index is 333. The molecule has 0 radical (unpaired) electrons. The van der Waals surface area contributed by atoms with Crippen molar-refractivity contribution in [2.75, 3.05) is 13.1 Å². The molecule has 0 saturated heterocycles. The van der Waals surface area contributed by atoms with E-state index in [2.05, 4.69) is 63.3 Å². The van der Waals surface area contributed by atoms with Gasteiger partial charge < -0.3 is 5.32 Å². The molecule has 0 fully saturated rings. The lowest BCUT2D eigenvalue weighted by Crippen LogP contribution is -2.39. The van der Waals surface area contributed by atoms with E-state index in [0.29, 0.717) is 5.41 Å². The Kier molecular flexibility index (Phi) is 7.15. The molecule has 0 aliphatic carbocycles. The Labute approximate surface area is 119 Å². The van der Waals surface area contributed by atoms with Crippen LogP contribution in [0.15, 0.2) is 30.3 Å². The Morgan fingerprint density at radius 2 is 1.79 bits per heavy atom. The number of likely N-dealkylation sites (N-methyl/N-ethyl adjacent to an activating group) is 1. The van der Waals surface area contributed by atoms with Crippen LogP contribution in [0.4, 0.5) is 0 Å². The van der Waals surface area contributed by atoms with Crippen molar-refractivity contribution in [2.24, 2.45) is 5.92 Å². The number of nitrogens with one attached hydrogen (secondary N) is 1. The van der Waals surface area contributed by atoms with Gasteiger partial charge in [-0.15, -0.1) is 0 Å². The zero-order valence-electron chi connectivity index (χ0n) is 13.2. The van der Waals surface area contributed by atoms with E-state index in [0.717, 1.165) is 19.0 Å². The van der Waals surface area contributed by atoms with Crippen LogP contribution in [-0.4, -0.2) is 13.1 Å². The predicted molar refractivity (Wildman–Crippen MR) is 85.6 cm³/mol. The summed E-state index contributed by atoms with van der Waals surface area (Å²) in [6.07, 6.45) is 5.12. The molecule has 0 saturated carbocycles. The van der Waals surface area contributed by atoms with Crippen molar-refractivity contribution in [1.29, 1.82) is 0 Å². The topological polar surface area (TPSA) is 12.0 Å². The highest BCUT2D eigenvalue weighted by molar-refractivity contribution is 5.26. The minimum absolute atomic E-state index is 0.297. The van der Waals surface area contributed by atoms with Crippen LogP contribution in [0.5, 0.6) is 0 Å². The van der Waals surface area contributed by atoms with Gasteiger partial charge in [-0.2, -0.15) is 0 Å². The fourth-order valence-corrected chi connectivity index (χ4v) is 3.18. The summed E-state index contributed by atoms with van der Waals surface area (Å²) < 4.78 is 0. The molecule has 1 aromatic rings. The number of hydrogen-bond donors (Lipinski definition) is 1. The fourth-order valence-electron chi connectivity index (χ4n) is 3.18. The minimum Gasteiger partial charge on any atom is -0.316 e. The fraction of sp³-hybridized carbons (Fsp3) is 0.667. The van der Waals surface area contributed by atoms with Crippen molar-refractivity contribution < 1.29 is 0 Å². The SMILES string of the molecule is CCCC(C)CC(CC)(CNCC)c1ccccc1. The van der Waals surface area contributed by atoms with Crippen molar-refractivity contribution in [3.05, 3.63) is 35.9 Å². The Hall–Kier alpha value is -0.820. The molecule has 19 heavy (non-hydrogen) atoms. The number of hydrogen-bond acceptors (Lipinski definition) is 1. The van der Waals surface area contributed by atoms with E-state index in [-0.39, 0.29) is 0 Å². The maximum atomic E-state index is 3.59. The first-order valence-corrected chi connectivity index (χ1v) is 7.94. The van der Waals surface area contributed by atoms with Crippen LogP contribution in [-0.2, 0) is 5.41 Å². The minimum atomic E-state index is 0.297. The summed E-state index contributed by atoms with van der Waals surface area (Å²) in [5.41, 5.74) is 1.80. The second-order valence-corrected chi connectivity index (χ2v) is 5.88. The first kappa shape index (κ1) is 16.2. The van der Waals surface area contributed by atoms with Gasteiger partial charge in [-0.3, -0.25) is 0 Å².